The van der Waals surface area contributed by atoms with Gasteiger partial charge >= 0.3 is 12.2 Å². The van der Waals surface area contributed by atoms with Crippen molar-refractivity contribution in [2.75, 3.05) is 39.1 Å². The minimum absolute atomic E-state index is 0.0983. The van der Waals surface area contributed by atoms with Crippen LogP contribution in [0.25, 0.3) is 0 Å². The number of amides is 2. The van der Waals surface area contributed by atoms with Crippen LogP contribution in [0.2, 0.25) is 5.02 Å². The second-order valence-corrected chi connectivity index (χ2v) is 10.0. The topological polar surface area (TPSA) is 101 Å². The van der Waals surface area contributed by atoms with Crippen LogP contribution >= 0.6 is 11.6 Å². The summed E-state index contributed by atoms with van der Waals surface area (Å²) in [6.07, 6.45) is 0.903. The van der Waals surface area contributed by atoms with E-state index in [0.717, 1.165) is 0 Å². The molecule has 11 heteroatoms. The first-order chi connectivity index (χ1) is 17.2. The van der Waals surface area contributed by atoms with Crippen molar-refractivity contribution >= 4 is 40.7 Å². The maximum atomic E-state index is 13.1. The van der Waals surface area contributed by atoms with Gasteiger partial charge in [0.15, 0.2) is 16.4 Å². The maximum Gasteiger partial charge on any atom is 0.414 e. The van der Waals surface area contributed by atoms with Gasteiger partial charge in [0.1, 0.15) is 6.26 Å². The van der Waals surface area contributed by atoms with E-state index < -0.39 is 29.4 Å². The van der Waals surface area contributed by atoms with Crippen LogP contribution in [0.5, 0.6) is 11.5 Å². The smallest absolute Gasteiger partial charge is 0.414 e. The normalized spacial score (nSPS) is 17.6. The lowest BCUT2D eigenvalue weighted by molar-refractivity contribution is 0.0941. The molecular weight excluding hydrogens is 508 g/mol. The van der Waals surface area contributed by atoms with E-state index >= 15 is 0 Å². The van der Waals surface area contributed by atoms with E-state index in [1.54, 1.807) is 53.3 Å². The molecule has 36 heavy (non-hydrogen) atoms. The zero-order chi connectivity index (χ0) is 26.6. The number of carbonyl (C=O) groups is 2. The van der Waals surface area contributed by atoms with Crippen LogP contribution in [0.15, 0.2) is 35.2 Å². The van der Waals surface area contributed by atoms with Gasteiger partial charge in [-0.2, -0.15) is 0 Å². The fourth-order valence-electron chi connectivity index (χ4n) is 4.37. The van der Waals surface area contributed by atoms with Crippen LogP contribution in [-0.2, 0) is 27.2 Å². The molecular formula is C25H31ClN2O7S. The largest absolute Gasteiger partial charge is 0.612 e. The Hall–Kier alpha value is -2.82. The third-order valence-corrected chi connectivity index (χ3v) is 7.38. The Kier molecular flexibility index (Phi) is 9.21. The van der Waals surface area contributed by atoms with Crippen LogP contribution in [0.1, 0.15) is 37.4 Å². The van der Waals surface area contributed by atoms with E-state index in [0.29, 0.717) is 44.7 Å². The molecule has 1 aliphatic heterocycles. The summed E-state index contributed by atoms with van der Waals surface area (Å²) in [5, 5.41) is 0.433. The molecule has 9 nitrogen and oxygen atoms in total. The highest BCUT2D eigenvalue weighted by Crippen LogP contribution is 2.46. The number of hydrogen-bond donors (Lipinski definition) is 0. The molecule has 0 bridgehead atoms. The van der Waals surface area contributed by atoms with Crippen molar-refractivity contribution in [2.24, 2.45) is 0 Å². The zero-order valence-corrected chi connectivity index (χ0v) is 22.8. The van der Waals surface area contributed by atoms with Crippen molar-refractivity contribution in [1.29, 1.82) is 0 Å². The van der Waals surface area contributed by atoms with Crippen LogP contribution in [0.4, 0.5) is 15.3 Å². The summed E-state index contributed by atoms with van der Waals surface area (Å²) in [4.78, 5) is 29.7. The number of methoxy groups -OCH3 is 3. The SMILES string of the molecule is CCOC(=O)N1c2cc(OC)c(OC)cc2[C@H](N(Cc2cc([S+](C)[O-])ccc2Cl)C(=O)OC)C[C@@H]1C. The Labute approximate surface area is 219 Å². The lowest BCUT2D eigenvalue weighted by Gasteiger charge is -2.42. The average Bonchev–Trinajstić information content (AvgIpc) is 2.86. The predicted octanol–water partition coefficient (Wildman–Crippen LogP) is 5.16. The summed E-state index contributed by atoms with van der Waals surface area (Å²) in [6, 6.07) is 7.72. The fraction of sp³-hybridized carbons (Fsp3) is 0.440. The molecule has 0 saturated heterocycles. The first kappa shape index (κ1) is 27.8. The molecule has 0 aliphatic carbocycles. The van der Waals surface area contributed by atoms with Gasteiger partial charge in [-0.1, -0.05) is 11.6 Å². The number of carbonyl (C=O) groups excluding carboxylic acids is 2. The summed E-state index contributed by atoms with van der Waals surface area (Å²) in [5.74, 6) is 0.884. The molecule has 3 atom stereocenters. The van der Waals surface area contributed by atoms with E-state index in [2.05, 4.69) is 0 Å². The Morgan fingerprint density at radius 3 is 2.42 bits per heavy atom. The number of hydrogen-bond acceptors (Lipinski definition) is 7. The van der Waals surface area contributed by atoms with Gasteiger partial charge in [0.05, 0.1) is 46.2 Å². The van der Waals surface area contributed by atoms with Gasteiger partial charge in [0.25, 0.3) is 0 Å². The van der Waals surface area contributed by atoms with Crippen LogP contribution < -0.4 is 14.4 Å². The summed E-state index contributed by atoms with van der Waals surface area (Å²) in [5.41, 5.74) is 1.83. The first-order valence-electron chi connectivity index (χ1n) is 11.3. The zero-order valence-electron chi connectivity index (χ0n) is 21.2. The van der Waals surface area contributed by atoms with Gasteiger partial charge in [-0.3, -0.25) is 9.80 Å². The highest BCUT2D eigenvalue weighted by atomic mass is 35.5. The molecule has 3 rings (SSSR count). The number of ether oxygens (including phenoxy) is 4. The molecule has 2 aromatic carbocycles. The van der Waals surface area contributed by atoms with E-state index in [9.17, 15) is 14.1 Å². The predicted molar refractivity (Wildman–Crippen MR) is 138 cm³/mol. The van der Waals surface area contributed by atoms with Crippen molar-refractivity contribution in [1.82, 2.24) is 4.90 Å². The summed E-state index contributed by atoms with van der Waals surface area (Å²) in [6.45, 7) is 3.94. The molecule has 2 amide bonds. The minimum Gasteiger partial charge on any atom is -0.612 e. The number of anilines is 1. The number of benzene rings is 2. The lowest BCUT2D eigenvalue weighted by atomic mass is 9.90. The molecule has 1 heterocycles. The number of nitrogens with zero attached hydrogens (tertiary/aromatic N) is 2. The van der Waals surface area contributed by atoms with Crippen molar-refractivity contribution in [3.63, 3.8) is 0 Å². The lowest BCUT2D eigenvalue weighted by Crippen LogP contribution is -2.47. The number of halogens is 1. The summed E-state index contributed by atoms with van der Waals surface area (Å²) < 4.78 is 33.5. The van der Waals surface area contributed by atoms with Gasteiger partial charge in [0, 0.05) is 22.7 Å². The Bertz CT molecular complexity index is 1110. The average molecular weight is 539 g/mol. The first-order valence-corrected chi connectivity index (χ1v) is 13.3. The van der Waals surface area contributed by atoms with E-state index in [4.69, 9.17) is 30.5 Å². The minimum atomic E-state index is -1.22. The van der Waals surface area contributed by atoms with Crippen molar-refractivity contribution in [2.45, 2.75) is 43.8 Å². The van der Waals surface area contributed by atoms with Crippen molar-refractivity contribution in [3.05, 3.63) is 46.5 Å². The van der Waals surface area contributed by atoms with Gasteiger partial charge in [-0.15, -0.1) is 0 Å². The maximum absolute atomic E-state index is 13.1. The Morgan fingerprint density at radius 2 is 1.83 bits per heavy atom. The van der Waals surface area contributed by atoms with Gasteiger partial charge in [-0.25, -0.2) is 9.59 Å². The van der Waals surface area contributed by atoms with Crippen LogP contribution in [0.3, 0.4) is 0 Å². The molecule has 1 aliphatic rings. The summed E-state index contributed by atoms with van der Waals surface area (Å²) in [7, 11) is 4.33. The molecule has 0 N–H and O–H groups in total. The van der Waals surface area contributed by atoms with Crippen molar-refractivity contribution < 1.29 is 33.1 Å². The Balaban J connectivity index is 2.16. The van der Waals surface area contributed by atoms with Crippen LogP contribution in [0, 0.1) is 0 Å². The van der Waals surface area contributed by atoms with Crippen LogP contribution in [-0.4, -0.2) is 61.9 Å². The second kappa shape index (κ2) is 11.9. The Morgan fingerprint density at radius 1 is 1.17 bits per heavy atom. The number of rotatable bonds is 7. The van der Waals surface area contributed by atoms with Gasteiger partial charge in [0.2, 0.25) is 0 Å². The summed E-state index contributed by atoms with van der Waals surface area (Å²) >= 11 is 5.24. The highest BCUT2D eigenvalue weighted by molar-refractivity contribution is 7.90. The van der Waals surface area contributed by atoms with E-state index in [-0.39, 0.29) is 19.2 Å². The fourth-order valence-corrected chi connectivity index (χ4v) is 5.12. The quantitative estimate of drug-likeness (QED) is 0.449. The third kappa shape index (κ3) is 5.61. The molecule has 0 saturated carbocycles. The second-order valence-electron chi connectivity index (χ2n) is 8.24. The molecule has 0 spiro atoms. The number of fused-ring (bicyclic) bond motifs is 1. The monoisotopic (exact) mass is 538 g/mol. The molecule has 0 fully saturated rings. The molecule has 196 valence electrons. The molecule has 0 aromatic heterocycles. The van der Waals surface area contributed by atoms with Gasteiger partial charge in [-0.05, 0) is 61.3 Å². The molecule has 2 aromatic rings. The van der Waals surface area contributed by atoms with E-state index in [1.807, 2.05) is 6.92 Å². The third-order valence-electron chi connectivity index (χ3n) is 6.10. The highest BCUT2D eigenvalue weighted by Gasteiger charge is 2.40. The van der Waals surface area contributed by atoms with E-state index in [1.165, 1.54) is 21.3 Å². The molecule has 1 unspecified atom stereocenters. The van der Waals surface area contributed by atoms with Gasteiger partial charge < -0.3 is 23.5 Å². The standard InChI is InChI=1S/C25H31ClN2O7S/c1-7-35-25(30)28-15(2)10-20(18-12-22(32-3)23(33-4)13-21(18)28)27(24(29)34-5)14-16-11-17(36(6)31)8-9-19(16)26/h8-9,11-13,15,20H,7,10,14H2,1-6H3/t15-,20+,36?/m0/s1. The van der Waals surface area contributed by atoms with Crippen molar-refractivity contribution in [3.8, 4) is 11.5 Å². The molecule has 0 radical (unpaired) electrons.